The van der Waals surface area contributed by atoms with Crippen molar-refractivity contribution in [1.29, 1.82) is 10.5 Å². The number of hydrogen-bond acceptors (Lipinski definition) is 3. The summed E-state index contributed by atoms with van der Waals surface area (Å²) in [5, 5.41) is 17.8. The standard InChI is InChI=1S/C11H11N3/c1-11(2,7-13)10-4-3-9(14)5-8(10)6-12/h3-5H,14H2,1-2H3. The minimum Gasteiger partial charge on any atom is -0.399 e. The van der Waals surface area contributed by atoms with Crippen LogP contribution >= 0.6 is 0 Å². The van der Waals surface area contributed by atoms with Gasteiger partial charge in [0, 0.05) is 5.69 Å². The Bertz CT molecular complexity index is 433. The zero-order valence-electron chi connectivity index (χ0n) is 8.20. The summed E-state index contributed by atoms with van der Waals surface area (Å²) in [7, 11) is 0. The smallest absolute Gasteiger partial charge is 0.0995 e. The molecule has 0 radical (unpaired) electrons. The molecule has 14 heavy (non-hydrogen) atoms. The van der Waals surface area contributed by atoms with Crippen LogP contribution in [0.5, 0.6) is 0 Å². The molecule has 0 saturated carbocycles. The first-order valence-electron chi connectivity index (χ1n) is 4.22. The molecule has 2 N–H and O–H groups in total. The molecule has 0 fully saturated rings. The van der Waals surface area contributed by atoms with Crippen molar-refractivity contribution in [3.63, 3.8) is 0 Å². The van der Waals surface area contributed by atoms with E-state index in [-0.39, 0.29) is 0 Å². The number of nitrogen functional groups attached to an aromatic ring is 1. The summed E-state index contributed by atoms with van der Waals surface area (Å²) in [6.45, 7) is 3.55. The third kappa shape index (κ3) is 1.67. The van der Waals surface area contributed by atoms with Crippen LogP contribution in [0.15, 0.2) is 18.2 Å². The minimum atomic E-state index is -0.654. The van der Waals surface area contributed by atoms with Crippen LogP contribution in [-0.2, 0) is 5.41 Å². The van der Waals surface area contributed by atoms with Crippen molar-refractivity contribution < 1.29 is 0 Å². The third-order valence-electron chi connectivity index (χ3n) is 2.12. The number of anilines is 1. The second kappa shape index (κ2) is 3.40. The van der Waals surface area contributed by atoms with Crippen molar-refractivity contribution >= 4 is 5.69 Å². The van der Waals surface area contributed by atoms with E-state index in [0.29, 0.717) is 11.3 Å². The number of nitrogens with two attached hydrogens (primary N) is 1. The molecule has 0 atom stereocenters. The maximum Gasteiger partial charge on any atom is 0.0995 e. The Kier molecular flexibility index (Phi) is 2.45. The van der Waals surface area contributed by atoms with Gasteiger partial charge in [-0.3, -0.25) is 0 Å². The molecule has 70 valence electrons. The van der Waals surface area contributed by atoms with Gasteiger partial charge in [-0.15, -0.1) is 0 Å². The number of nitriles is 2. The van der Waals surface area contributed by atoms with Gasteiger partial charge in [-0.1, -0.05) is 6.07 Å². The van der Waals surface area contributed by atoms with Gasteiger partial charge in [-0.05, 0) is 31.5 Å². The Morgan fingerprint density at radius 1 is 1.29 bits per heavy atom. The summed E-state index contributed by atoms with van der Waals surface area (Å²) in [5.41, 5.74) is 6.63. The number of benzene rings is 1. The van der Waals surface area contributed by atoms with Crippen LogP contribution in [0, 0.1) is 22.7 Å². The second-order valence-corrected chi connectivity index (χ2v) is 3.65. The SMILES string of the molecule is CC(C)(C#N)c1ccc(N)cc1C#N. The van der Waals surface area contributed by atoms with Crippen LogP contribution in [0.2, 0.25) is 0 Å². The molecule has 1 aromatic rings. The average molecular weight is 185 g/mol. The molecule has 0 aliphatic carbocycles. The Balaban J connectivity index is 3.39. The minimum absolute atomic E-state index is 0.469. The Morgan fingerprint density at radius 2 is 1.93 bits per heavy atom. The molecule has 0 saturated heterocycles. The van der Waals surface area contributed by atoms with Crippen molar-refractivity contribution in [2.45, 2.75) is 19.3 Å². The van der Waals surface area contributed by atoms with E-state index in [4.69, 9.17) is 16.3 Å². The molecule has 0 unspecified atom stereocenters. The molecule has 0 aliphatic heterocycles. The van der Waals surface area contributed by atoms with E-state index in [0.717, 1.165) is 5.56 Å². The predicted octanol–water partition coefficient (Wildman–Crippen LogP) is 1.94. The van der Waals surface area contributed by atoms with Crippen LogP contribution in [-0.4, -0.2) is 0 Å². The molecule has 0 aromatic heterocycles. The Labute approximate surface area is 83.4 Å². The summed E-state index contributed by atoms with van der Waals surface area (Å²) in [6, 6.07) is 9.23. The topological polar surface area (TPSA) is 73.6 Å². The van der Waals surface area contributed by atoms with E-state index in [9.17, 15) is 0 Å². The summed E-state index contributed by atoms with van der Waals surface area (Å²) in [5.74, 6) is 0. The Morgan fingerprint density at radius 3 is 2.43 bits per heavy atom. The van der Waals surface area contributed by atoms with Gasteiger partial charge in [-0.2, -0.15) is 10.5 Å². The van der Waals surface area contributed by atoms with Gasteiger partial charge in [0.05, 0.1) is 23.1 Å². The fourth-order valence-electron chi connectivity index (χ4n) is 1.26. The monoisotopic (exact) mass is 185 g/mol. The van der Waals surface area contributed by atoms with E-state index in [2.05, 4.69) is 6.07 Å². The number of hydrogen-bond donors (Lipinski definition) is 1. The van der Waals surface area contributed by atoms with Crippen molar-refractivity contribution in [2.24, 2.45) is 0 Å². The van der Waals surface area contributed by atoms with Crippen molar-refractivity contribution in [1.82, 2.24) is 0 Å². The van der Waals surface area contributed by atoms with Gasteiger partial charge < -0.3 is 5.73 Å². The van der Waals surface area contributed by atoms with Crippen LogP contribution in [0.1, 0.15) is 25.0 Å². The van der Waals surface area contributed by atoms with E-state index in [1.165, 1.54) is 0 Å². The number of nitrogens with zero attached hydrogens (tertiary/aromatic N) is 2. The summed E-state index contributed by atoms with van der Waals surface area (Å²) < 4.78 is 0. The van der Waals surface area contributed by atoms with Gasteiger partial charge in [-0.25, -0.2) is 0 Å². The molecule has 1 aromatic carbocycles. The van der Waals surface area contributed by atoms with E-state index in [1.807, 2.05) is 6.07 Å². The third-order valence-corrected chi connectivity index (χ3v) is 2.12. The van der Waals surface area contributed by atoms with Gasteiger partial charge >= 0.3 is 0 Å². The van der Waals surface area contributed by atoms with Gasteiger partial charge in [0.15, 0.2) is 0 Å². The first-order chi connectivity index (χ1) is 6.51. The van der Waals surface area contributed by atoms with Crippen molar-refractivity contribution in [3.8, 4) is 12.1 Å². The van der Waals surface area contributed by atoms with Crippen LogP contribution in [0.25, 0.3) is 0 Å². The fourth-order valence-corrected chi connectivity index (χ4v) is 1.26. The van der Waals surface area contributed by atoms with Crippen LogP contribution < -0.4 is 5.73 Å². The lowest BCUT2D eigenvalue weighted by molar-refractivity contribution is 0.685. The maximum absolute atomic E-state index is 8.95. The molecule has 3 heteroatoms. The molecular formula is C11H11N3. The summed E-state index contributed by atoms with van der Waals surface area (Å²) in [4.78, 5) is 0. The molecule has 1 rings (SSSR count). The van der Waals surface area contributed by atoms with Crippen molar-refractivity contribution in [2.75, 3.05) is 5.73 Å². The highest BCUT2D eigenvalue weighted by molar-refractivity contribution is 5.53. The maximum atomic E-state index is 8.95. The summed E-state index contributed by atoms with van der Waals surface area (Å²) >= 11 is 0. The molecule has 0 heterocycles. The van der Waals surface area contributed by atoms with Gasteiger partial charge in [0.2, 0.25) is 0 Å². The molecule has 0 amide bonds. The quantitative estimate of drug-likeness (QED) is 0.679. The van der Waals surface area contributed by atoms with E-state index in [1.54, 1.807) is 32.0 Å². The normalized spacial score (nSPS) is 10.3. The first kappa shape index (κ1) is 10.1. The van der Waals surface area contributed by atoms with Gasteiger partial charge in [0.1, 0.15) is 0 Å². The molecule has 0 spiro atoms. The zero-order chi connectivity index (χ0) is 10.8. The zero-order valence-corrected chi connectivity index (χ0v) is 8.20. The highest BCUT2D eigenvalue weighted by Crippen LogP contribution is 2.26. The second-order valence-electron chi connectivity index (χ2n) is 3.65. The molecule has 0 bridgehead atoms. The Hall–Kier alpha value is -2.00. The lowest BCUT2D eigenvalue weighted by atomic mass is 9.83. The van der Waals surface area contributed by atoms with E-state index < -0.39 is 5.41 Å². The summed E-state index contributed by atoms with van der Waals surface area (Å²) in [6.07, 6.45) is 0. The average Bonchev–Trinajstić information content (AvgIpc) is 2.17. The highest BCUT2D eigenvalue weighted by Gasteiger charge is 2.22. The molecule has 0 aliphatic rings. The fraction of sp³-hybridized carbons (Fsp3) is 0.273. The van der Waals surface area contributed by atoms with Crippen LogP contribution in [0.3, 0.4) is 0 Å². The number of rotatable bonds is 1. The molecule has 3 nitrogen and oxygen atoms in total. The van der Waals surface area contributed by atoms with E-state index >= 15 is 0 Å². The molecular weight excluding hydrogens is 174 g/mol. The van der Waals surface area contributed by atoms with Gasteiger partial charge in [0.25, 0.3) is 0 Å². The lowest BCUT2D eigenvalue weighted by Gasteiger charge is -2.17. The van der Waals surface area contributed by atoms with Crippen molar-refractivity contribution in [3.05, 3.63) is 29.3 Å². The van der Waals surface area contributed by atoms with Crippen LogP contribution in [0.4, 0.5) is 5.69 Å². The lowest BCUT2D eigenvalue weighted by Crippen LogP contribution is -2.15. The first-order valence-corrected chi connectivity index (χ1v) is 4.22. The highest BCUT2D eigenvalue weighted by atomic mass is 14.5. The largest absolute Gasteiger partial charge is 0.399 e. The predicted molar refractivity (Wildman–Crippen MR) is 54.2 cm³/mol.